The van der Waals surface area contributed by atoms with Crippen LogP contribution in [0.5, 0.6) is 0 Å². The van der Waals surface area contributed by atoms with E-state index in [-0.39, 0.29) is 12.0 Å². The molecule has 17 heavy (non-hydrogen) atoms. The Bertz CT molecular complexity index is 325. The van der Waals surface area contributed by atoms with Gasteiger partial charge in [-0.25, -0.2) is 0 Å². The number of aliphatic hydroxyl groups is 1. The third kappa shape index (κ3) is 3.51. The van der Waals surface area contributed by atoms with Crippen LogP contribution in [0.4, 0.5) is 0 Å². The smallest absolute Gasteiger partial charge is 0.232 e. The fraction of sp³-hybridized carbons (Fsp3) is 0.833. The molecule has 3 atom stereocenters. The summed E-state index contributed by atoms with van der Waals surface area (Å²) in [7, 11) is 1.64. The molecule has 0 radical (unpaired) electrons. The lowest BCUT2D eigenvalue weighted by Crippen LogP contribution is -2.14. The standard InChI is InChI=1S/C12H22N2O3/c1-5-7-10(16-4)11-13-12(17-14-11)9(6-2)8(3)15/h8-10,15H,5-7H2,1-4H3. The molecule has 0 saturated carbocycles. The van der Waals surface area contributed by atoms with Gasteiger partial charge in [-0.1, -0.05) is 25.4 Å². The van der Waals surface area contributed by atoms with Crippen LogP contribution in [0, 0.1) is 0 Å². The van der Waals surface area contributed by atoms with Gasteiger partial charge in [-0.3, -0.25) is 0 Å². The van der Waals surface area contributed by atoms with Crippen molar-refractivity contribution in [3.8, 4) is 0 Å². The highest BCUT2D eigenvalue weighted by atomic mass is 16.5. The molecule has 0 aliphatic heterocycles. The van der Waals surface area contributed by atoms with Crippen molar-refractivity contribution in [1.82, 2.24) is 10.1 Å². The van der Waals surface area contributed by atoms with E-state index >= 15 is 0 Å². The summed E-state index contributed by atoms with van der Waals surface area (Å²) in [5.41, 5.74) is 0. The average molecular weight is 242 g/mol. The normalized spacial score (nSPS) is 16.8. The molecule has 1 aromatic rings. The number of aliphatic hydroxyl groups excluding tert-OH is 1. The lowest BCUT2D eigenvalue weighted by Gasteiger charge is -2.12. The first-order valence-corrected chi connectivity index (χ1v) is 6.18. The maximum Gasteiger partial charge on any atom is 0.232 e. The number of hydrogen-bond acceptors (Lipinski definition) is 5. The molecule has 0 aliphatic carbocycles. The second-order valence-corrected chi connectivity index (χ2v) is 4.26. The van der Waals surface area contributed by atoms with E-state index in [4.69, 9.17) is 9.26 Å². The highest BCUT2D eigenvalue weighted by Gasteiger charge is 2.24. The van der Waals surface area contributed by atoms with E-state index in [9.17, 15) is 5.11 Å². The minimum absolute atomic E-state index is 0.101. The van der Waals surface area contributed by atoms with Gasteiger partial charge in [-0.15, -0.1) is 0 Å². The number of aromatic nitrogens is 2. The Balaban J connectivity index is 2.82. The fourth-order valence-electron chi connectivity index (χ4n) is 1.87. The lowest BCUT2D eigenvalue weighted by molar-refractivity contribution is 0.0854. The number of methoxy groups -OCH3 is 1. The van der Waals surface area contributed by atoms with Gasteiger partial charge in [0, 0.05) is 7.11 Å². The third-order valence-corrected chi connectivity index (χ3v) is 2.92. The van der Waals surface area contributed by atoms with E-state index in [1.165, 1.54) is 0 Å². The van der Waals surface area contributed by atoms with E-state index < -0.39 is 6.10 Å². The molecular weight excluding hydrogens is 220 g/mol. The molecule has 0 amide bonds. The zero-order valence-electron chi connectivity index (χ0n) is 11.0. The van der Waals surface area contributed by atoms with Gasteiger partial charge in [-0.2, -0.15) is 4.98 Å². The molecule has 5 nitrogen and oxygen atoms in total. The van der Waals surface area contributed by atoms with E-state index in [0.717, 1.165) is 19.3 Å². The van der Waals surface area contributed by atoms with Crippen molar-refractivity contribution in [1.29, 1.82) is 0 Å². The molecule has 1 aromatic heterocycles. The van der Waals surface area contributed by atoms with Crippen molar-refractivity contribution in [2.45, 2.75) is 58.2 Å². The highest BCUT2D eigenvalue weighted by molar-refractivity contribution is 4.98. The van der Waals surface area contributed by atoms with Crippen LogP contribution in [0.25, 0.3) is 0 Å². The van der Waals surface area contributed by atoms with E-state index in [0.29, 0.717) is 11.7 Å². The highest BCUT2D eigenvalue weighted by Crippen LogP contribution is 2.25. The molecule has 0 aliphatic rings. The summed E-state index contributed by atoms with van der Waals surface area (Å²) in [6.07, 6.45) is 2.02. The van der Waals surface area contributed by atoms with E-state index in [1.807, 2.05) is 6.92 Å². The number of rotatable bonds is 7. The van der Waals surface area contributed by atoms with Gasteiger partial charge in [0.05, 0.1) is 12.0 Å². The molecule has 1 N–H and O–H groups in total. The van der Waals surface area contributed by atoms with Crippen LogP contribution >= 0.6 is 0 Å². The molecule has 1 heterocycles. The van der Waals surface area contributed by atoms with Gasteiger partial charge >= 0.3 is 0 Å². The monoisotopic (exact) mass is 242 g/mol. The predicted octanol–water partition coefficient (Wildman–Crippen LogP) is 2.43. The summed E-state index contributed by atoms with van der Waals surface area (Å²) in [5, 5.41) is 13.5. The summed E-state index contributed by atoms with van der Waals surface area (Å²) >= 11 is 0. The Morgan fingerprint density at radius 1 is 1.41 bits per heavy atom. The lowest BCUT2D eigenvalue weighted by atomic mass is 10.0. The van der Waals surface area contributed by atoms with Crippen LogP contribution in [0.3, 0.4) is 0 Å². The summed E-state index contributed by atoms with van der Waals surface area (Å²) in [5.74, 6) is 0.967. The Hall–Kier alpha value is -0.940. The summed E-state index contributed by atoms with van der Waals surface area (Å²) in [6, 6.07) is 0. The predicted molar refractivity (Wildman–Crippen MR) is 63.7 cm³/mol. The minimum Gasteiger partial charge on any atom is -0.393 e. The maximum atomic E-state index is 9.61. The maximum absolute atomic E-state index is 9.61. The Kier molecular flexibility index (Phi) is 5.58. The van der Waals surface area contributed by atoms with Gasteiger partial charge in [0.1, 0.15) is 6.10 Å². The van der Waals surface area contributed by atoms with Crippen LogP contribution in [-0.2, 0) is 4.74 Å². The quantitative estimate of drug-likeness (QED) is 0.795. The van der Waals surface area contributed by atoms with Gasteiger partial charge in [0.25, 0.3) is 0 Å². The first-order valence-electron chi connectivity index (χ1n) is 6.18. The van der Waals surface area contributed by atoms with Crippen molar-refractivity contribution in [2.75, 3.05) is 7.11 Å². The molecule has 0 spiro atoms. The van der Waals surface area contributed by atoms with Crippen LogP contribution < -0.4 is 0 Å². The molecular formula is C12H22N2O3. The molecule has 0 saturated heterocycles. The summed E-state index contributed by atoms with van der Waals surface area (Å²) in [4.78, 5) is 4.33. The van der Waals surface area contributed by atoms with Crippen molar-refractivity contribution >= 4 is 0 Å². The molecule has 5 heteroatoms. The van der Waals surface area contributed by atoms with Crippen molar-refractivity contribution in [3.63, 3.8) is 0 Å². The number of hydrogen-bond donors (Lipinski definition) is 1. The topological polar surface area (TPSA) is 68.4 Å². The van der Waals surface area contributed by atoms with Crippen LogP contribution in [-0.4, -0.2) is 28.5 Å². The molecule has 0 bridgehead atoms. The molecule has 98 valence electrons. The zero-order chi connectivity index (χ0) is 12.8. The van der Waals surface area contributed by atoms with Crippen LogP contribution in [0.15, 0.2) is 4.52 Å². The first-order chi connectivity index (χ1) is 8.13. The zero-order valence-corrected chi connectivity index (χ0v) is 11.0. The number of nitrogens with zero attached hydrogens (tertiary/aromatic N) is 2. The minimum atomic E-state index is -0.486. The average Bonchev–Trinajstić information content (AvgIpc) is 2.75. The second kappa shape index (κ2) is 6.71. The van der Waals surface area contributed by atoms with E-state index in [1.54, 1.807) is 14.0 Å². The Morgan fingerprint density at radius 3 is 2.59 bits per heavy atom. The van der Waals surface area contributed by atoms with Crippen LogP contribution in [0.1, 0.15) is 63.8 Å². The van der Waals surface area contributed by atoms with E-state index in [2.05, 4.69) is 17.1 Å². The van der Waals surface area contributed by atoms with Crippen LogP contribution in [0.2, 0.25) is 0 Å². The Morgan fingerprint density at radius 2 is 2.12 bits per heavy atom. The molecule has 0 aromatic carbocycles. The Labute approximate surface area is 102 Å². The third-order valence-electron chi connectivity index (χ3n) is 2.92. The van der Waals surface area contributed by atoms with Crippen molar-refractivity contribution in [2.24, 2.45) is 0 Å². The second-order valence-electron chi connectivity index (χ2n) is 4.26. The fourth-order valence-corrected chi connectivity index (χ4v) is 1.87. The molecule has 0 fully saturated rings. The van der Waals surface area contributed by atoms with Crippen molar-refractivity contribution in [3.05, 3.63) is 11.7 Å². The van der Waals surface area contributed by atoms with Gasteiger partial charge in [-0.05, 0) is 19.8 Å². The van der Waals surface area contributed by atoms with Gasteiger partial charge < -0.3 is 14.4 Å². The van der Waals surface area contributed by atoms with Crippen molar-refractivity contribution < 1.29 is 14.4 Å². The largest absolute Gasteiger partial charge is 0.393 e. The summed E-state index contributed by atoms with van der Waals surface area (Å²) < 4.78 is 10.5. The van der Waals surface area contributed by atoms with Gasteiger partial charge in [0.2, 0.25) is 11.7 Å². The molecule has 3 unspecified atom stereocenters. The van der Waals surface area contributed by atoms with Gasteiger partial charge in [0.15, 0.2) is 0 Å². The summed E-state index contributed by atoms with van der Waals surface area (Å²) in [6.45, 7) is 5.80. The molecule has 1 rings (SSSR count). The number of ether oxygens (including phenoxy) is 1. The first kappa shape index (κ1) is 14.1. The SMILES string of the molecule is CCCC(OC)c1noc(C(CC)C(C)O)n1.